The number of nitrogens with zero attached hydrogens (tertiary/aromatic N) is 2. The zero-order valence-electron chi connectivity index (χ0n) is 10.5. The summed E-state index contributed by atoms with van der Waals surface area (Å²) in [6, 6.07) is 5.64. The Morgan fingerprint density at radius 3 is 2.61 bits per heavy atom. The third-order valence-electron chi connectivity index (χ3n) is 2.33. The van der Waals surface area contributed by atoms with Gasteiger partial charge < -0.3 is 5.11 Å². The molecule has 7 heteroatoms. The van der Waals surface area contributed by atoms with Gasteiger partial charge in [0.25, 0.3) is 0 Å². The molecule has 0 aliphatic heterocycles. The standard InChI is InChI=1S/C11H18N4OS2/c1-3-18-10-6-4-5-9(8(10)7-16)15(13)11(17)14(2)12/h4-6,16H,3,7,12-13H2,1-2H3. The van der Waals surface area contributed by atoms with Crippen molar-refractivity contribution in [2.45, 2.75) is 18.4 Å². The summed E-state index contributed by atoms with van der Waals surface area (Å²) >= 11 is 6.76. The number of rotatable bonds is 4. The van der Waals surface area contributed by atoms with Gasteiger partial charge in [0.15, 0.2) is 0 Å². The monoisotopic (exact) mass is 286 g/mol. The summed E-state index contributed by atoms with van der Waals surface area (Å²) in [6.45, 7) is 1.96. The van der Waals surface area contributed by atoms with E-state index < -0.39 is 0 Å². The molecule has 0 aromatic heterocycles. The first-order valence-corrected chi connectivity index (χ1v) is 6.85. The molecule has 1 aromatic rings. The number of aliphatic hydroxyl groups is 1. The van der Waals surface area contributed by atoms with Crippen LogP contribution in [0.15, 0.2) is 23.1 Å². The van der Waals surface area contributed by atoms with E-state index in [9.17, 15) is 5.11 Å². The summed E-state index contributed by atoms with van der Waals surface area (Å²) < 4.78 is 0. The van der Waals surface area contributed by atoms with E-state index in [1.807, 2.05) is 12.1 Å². The third kappa shape index (κ3) is 3.33. The number of nitrogens with two attached hydrogens (primary N) is 2. The summed E-state index contributed by atoms with van der Waals surface area (Å²) in [5.41, 5.74) is 1.43. The molecule has 0 heterocycles. The van der Waals surface area contributed by atoms with Crippen molar-refractivity contribution < 1.29 is 5.11 Å². The number of hydrazine groups is 2. The molecule has 18 heavy (non-hydrogen) atoms. The van der Waals surface area contributed by atoms with Crippen LogP contribution in [0.3, 0.4) is 0 Å². The average Bonchev–Trinajstić information content (AvgIpc) is 2.37. The first-order valence-electron chi connectivity index (χ1n) is 5.45. The number of hydrogen-bond donors (Lipinski definition) is 3. The van der Waals surface area contributed by atoms with E-state index >= 15 is 0 Å². The molecule has 5 nitrogen and oxygen atoms in total. The number of anilines is 1. The third-order valence-corrected chi connectivity index (χ3v) is 3.80. The molecule has 0 bridgehead atoms. The second-order valence-electron chi connectivity index (χ2n) is 3.61. The molecule has 0 aliphatic carbocycles. The fourth-order valence-corrected chi connectivity index (χ4v) is 2.43. The van der Waals surface area contributed by atoms with Crippen LogP contribution in [0.4, 0.5) is 5.69 Å². The van der Waals surface area contributed by atoms with E-state index in [0.29, 0.717) is 5.69 Å². The summed E-state index contributed by atoms with van der Waals surface area (Å²) in [6.07, 6.45) is 0. The van der Waals surface area contributed by atoms with Crippen LogP contribution in [0.5, 0.6) is 0 Å². The molecule has 0 fully saturated rings. The van der Waals surface area contributed by atoms with Crippen LogP contribution < -0.4 is 16.7 Å². The van der Waals surface area contributed by atoms with Crippen LogP contribution in [0.1, 0.15) is 12.5 Å². The van der Waals surface area contributed by atoms with Gasteiger partial charge in [0.1, 0.15) is 0 Å². The normalized spacial score (nSPS) is 10.3. The van der Waals surface area contributed by atoms with Crippen LogP contribution in [-0.4, -0.2) is 28.0 Å². The van der Waals surface area contributed by atoms with Crippen molar-refractivity contribution in [3.05, 3.63) is 23.8 Å². The lowest BCUT2D eigenvalue weighted by molar-refractivity contribution is 0.279. The van der Waals surface area contributed by atoms with Crippen molar-refractivity contribution >= 4 is 34.8 Å². The van der Waals surface area contributed by atoms with E-state index in [1.165, 1.54) is 10.0 Å². The van der Waals surface area contributed by atoms with Gasteiger partial charge in [-0.05, 0) is 30.1 Å². The highest BCUT2D eigenvalue weighted by Crippen LogP contribution is 2.30. The maximum absolute atomic E-state index is 9.51. The molecular formula is C11H18N4OS2. The predicted molar refractivity (Wildman–Crippen MR) is 80.0 cm³/mol. The Bertz CT molecular complexity index is 426. The molecule has 0 radical (unpaired) electrons. The van der Waals surface area contributed by atoms with Crippen molar-refractivity contribution in [3.63, 3.8) is 0 Å². The van der Waals surface area contributed by atoms with E-state index in [2.05, 4.69) is 6.92 Å². The van der Waals surface area contributed by atoms with E-state index in [0.717, 1.165) is 16.2 Å². The summed E-state index contributed by atoms with van der Waals surface area (Å²) in [7, 11) is 1.62. The Morgan fingerprint density at radius 1 is 1.44 bits per heavy atom. The van der Waals surface area contributed by atoms with Crippen LogP contribution >= 0.6 is 24.0 Å². The summed E-state index contributed by atoms with van der Waals surface area (Å²) in [5, 5.41) is 12.4. The minimum Gasteiger partial charge on any atom is -0.392 e. The van der Waals surface area contributed by atoms with Crippen molar-refractivity contribution in [1.29, 1.82) is 0 Å². The zero-order valence-corrected chi connectivity index (χ0v) is 12.1. The van der Waals surface area contributed by atoms with Gasteiger partial charge >= 0.3 is 0 Å². The highest BCUT2D eigenvalue weighted by atomic mass is 32.2. The number of hydrogen-bond acceptors (Lipinski definition) is 5. The maximum atomic E-state index is 9.51. The molecule has 0 unspecified atom stereocenters. The predicted octanol–water partition coefficient (Wildman–Crippen LogP) is 1.06. The van der Waals surface area contributed by atoms with Crippen molar-refractivity contribution in [3.8, 4) is 0 Å². The summed E-state index contributed by atoms with van der Waals surface area (Å²) in [5.74, 6) is 12.4. The molecule has 100 valence electrons. The second kappa shape index (κ2) is 6.91. The van der Waals surface area contributed by atoms with Crippen LogP contribution in [0.25, 0.3) is 0 Å². The topological polar surface area (TPSA) is 78.8 Å². The van der Waals surface area contributed by atoms with Gasteiger partial charge in [-0.15, -0.1) is 11.8 Å². The van der Waals surface area contributed by atoms with Gasteiger partial charge in [-0.25, -0.2) is 11.7 Å². The number of aliphatic hydroxyl groups excluding tert-OH is 1. The fourth-order valence-electron chi connectivity index (χ4n) is 1.50. The quantitative estimate of drug-likeness (QED) is 0.330. The highest BCUT2D eigenvalue weighted by Gasteiger charge is 2.16. The van der Waals surface area contributed by atoms with Crippen molar-refractivity contribution in [2.75, 3.05) is 17.8 Å². The van der Waals surface area contributed by atoms with E-state index in [1.54, 1.807) is 24.9 Å². The van der Waals surface area contributed by atoms with Crippen molar-refractivity contribution in [1.82, 2.24) is 5.01 Å². The molecule has 0 saturated heterocycles. The van der Waals surface area contributed by atoms with Crippen LogP contribution in [-0.2, 0) is 6.61 Å². The highest BCUT2D eigenvalue weighted by molar-refractivity contribution is 7.99. The molecule has 0 atom stereocenters. The van der Waals surface area contributed by atoms with Crippen LogP contribution in [0, 0.1) is 0 Å². The molecule has 0 aliphatic rings. The SMILES string of the molecule is CCSc1cccc(N(N)C(=S)N(C)N)c1CO. The Morgan fingerprint density at radius 2 is 2.11 bits per heavy atom. The van der Waals surface area contributed by atoms with Gasteiger partial charge in [-0.1, -0.05) is 13.0 Å². The molecular weight excluding hydrogens is 268 g/mol. The number of benzene rings is 1. The molecule has 0 spiro atoms. The molecule has 1 aromatic carbocycles. The number of thiocarbonyl (C=S) groups is 1. The Balaban J connectivity index is 3.15. The van der Waals surface area contributed by atoms with Gasteiger partial charge in [0.05, 0.1) is 12.3 Å². The largest absolute Gasteiger partial charge is 0.392 e. The van der Waals surface area contributed by atoms with E-state index in [-0.39, 0.29) is 11.7 Å². The van der Waals surface area contributed by atoms with Gasteiger partial charge in [-0.3, -0.25) is 10.0 Å². The zero-order chi connectivity index (χ0) is 13.7. The lowest BCUT2D eigenvalue weighted by atomic mass is 10.2. The Kier molecular flexibility index (Phi) is 5.83. The molecule has 0 saturated carbocycles. The molecule has 0 amide bonds. The first kappa shape index (κ1) is 15.2. The van der Waals surface area contributed by atoms with Gasteiger partial charge in [0.2, 0.25) is 5.11 Å². The summed E-state index contributed by atoms with van der Waals surface area (Å²) in [4.78, 5) is 0.996. The van der Waals surface area contributed by atoms with Gasteiger partial charge in [-0.2, -0.15) is 0 Å². The lowest BCUT2D eigenvalue weighted by Crippen LogP contribution is -2.48. The Labute approximate surface area is 117 Å². The minimum atomic E-state index is -0.0941. The smallest absolute Gasteiger partial charge is 0.204 e. The number of thioether (sulfide) groups is 1. The lowest BCUT2D eigenvalue weighted by Gasteiger charge is -2.26. The maximum Gasteiger partial charge on any atom is 0.204 e. The van der Waals surface area contributed by atoms with Gasteiger partial charge in [0, 0.05) is 17.5 Å². The van der Waals surface area contributed by atoms with Crippen LogP contribution in [0.2, 0.25) is 0 Å². The first-order chi connectivity index (χ1) is 8.52. The average molecular weight is 286 g/mol. The molecule has 1 rings (SSSR count). The fraction of sp³-hybridized carbons (Fsp3) is 0.364. The second-order valence-corrected chi connectivity index (χ2v) is 5.28. The minimum absolute atomic E-state index is 0.0941. The Hall–Kier alpha value is -0.860. The molecule has 5 N–H and O–H groups in total. The van der Waals surface area contributed by atoms with Crippen molar-refractivity contribution in [2.24, 2.45) is 11.7 Å². The van der Waals surface area contributed by atoms with E-state index in [4.69, 9.17) is 23.9 Å².